The molecule has 0 saturated carbocycles. The molecule has 1 amide bonds. The Bertz CT molecular complexity index is 488. The highest BCUT2D eigenvalue weighted by Crippen LogP contribution is 2.34. The fourth-order valence-electron chi connectivity index (χ4n) is 2.33. The van der Waals surface area contributed by atoms with Crippen LogP contribution in [0, 0.1) is 5.92 Å². The second-order valence-electron chi connectivity index (χ2n) is 4.91. The Morgan fingerprint density at radius 1 is 1.35 bits per heavy atom. The van der Waals surface area contributed by atoms with Crippen LogP contribution in [0.2, 0.25) is 0 Å². The molecule has 1 aliphatic rings. The summed E-state index contributed by atoms with van der Waals surface area (Å²) in [4.78, 5) is 12.1. The van der Waals surface area contributed by atoms with Crippen molar-refractivity contribution in [1.82, 2.24) is 5.32 Å². The number of nitrogens with one attached hydrogen (secondary N) is 2. The molecular formula is C14H18Br2N2O2. The third kappa shape index (κ3) is 4.20. The van der Waals surface area contributed by atoms with Gasteiger partial charge in [0.1, 0.15) is 5.75 Å². The molecule has 4 nitrogen and oxygen atoms in total. The van der Waals surface area contributed by atoms with E-state index in [0.29, 0.717) is 18.1 Å². The Labute approximate surface area is 135 Å². The standard InChI is InChI=1S/C14H18Br2N2O2/c1-20-13-8-12(10(15)7-11(13)16)18-14(19)6-9-2-4-17-5-3-9/h7-9,17H,2-6H2,1H3,(H,18,19). The van der Waals surface area contributed by atoms with Crippen LogP contribution in [0.5, 0.6) is 5.75 Å². The smallest absolute Gasteiger partial charge is 0.224 e. The molecule has 0 spiro atoms. The Hall–Kier alpha value is -0.590. The summed E-state index contributed by atoms with van der Waals surface area (Å²) in [6.45, 7) is 2.02. The minimum Gasteiger partial charge on any atom is -0.495 e. The summed E-state index contributed by atoms with van der Waals surface area (Å²) in [5, 5.41) is 6.26. The molecule has 0 radical (unpaired) electrons. The number of halogens is 2. The van der Waals surface area contributed by atoms with Crippen LogP contribution in [0.4, 0.5) is 5.69 Å². The van der Waals surface area contributed by atoms with E-state index in [4.69, 9.17) is 4.74 Å². The average molecular weight is 406 g/mol. The van der Waals surface area contributed by atoms with E-state index >= 15 is 0 Å². The topological polar surface area (TPSA) is 50.4 Å². The molecule has 0 aromatic heterocycles. The summed E-state index contributed by atoms with van der Waals surface area (Å²) in [6, 6.07) is 3.69. The van der Waals surface area contributed by atoms with Gasteiger partial charge in [0, 0.05) is 17.0 Å². The third-order valence-electron chi connectivity index (χ3n) is 3.45. The van der Waals surface area contributed by atoms with Crippen molar-refractivity contribution in [2.45, 2.75) is 19.3 Å². The van der Waals surface area contributed by atoms with Crippen molar-refractivity contribution in [3.8, 4) is 5.75 Å². The summed E-state index contributed by atoms with van der Waals surface area (Å²) in [5.74, 6) is 1.24. The summed E-state index contributed by atoms with van der Waals surface area (Å²) < 4.78 is 6.93. The molecule has 1 aliphatic heterocycles. The number of methoxy groups -OCH3 is 1. The SMILES string of the molecule is COc1cc(NC(=O)CC2CCNCC2)c(Br)cc1Br. The van der Waals surface area contributed by atoms with Gasteiger partial charge in [0.15, 0.2) is 0 Å². The third-order valence-corrected chi connectivity index (χ3v) is 4.72. The van der Waals surface area contributed by atoms with Gasteiger partial charge >= 0.3 is 0 Å². The van der Waals surface area contributed by atoms with Crippen molar-refractivity contribution < 1.29 is 9.53 Å². The summed E-state index contributed by atoms with van der Waals surface area (Å²) in [6.07, 6.45) is 2.71. The number of amides is 1. The van der Waals surface area contributed by atoms with Crippen molar-refractivity contribution in [3.05, 3.63) is 21.1 Å². The van der Waals surface area contributed by atoms with Crippen LogP contribution in [0.3, 0.4) is 0 Å². The number of hydrogen-bond acceptors (Lipinski definition) is 3. The van der Waals surface area contributed by atoms with Gasteiger partial charge in [0.2, 0.25) is 5.91 Å². The highest BCUT2D eigenvalue weighted by molar-refractivity contribution is 9.11. The van der Waals surface area contributed by atoms with Gasteiger partial charge in [0.25, 0.3) is 0 Å². The highest BCUT2D eigenvalue weighted by Gasteiger charge is 2.18. The highest BCUT2D eigenvalue weighted by atomic mass is 79.9. The zero-order chi connectivity index (χ0) is 14.5. The summed E-state index contributed by atoms with van der Waals surface area (Å²) >= 11 is 6.87. The molecular weight excluding hydrogens is 388 g/mol. The lowest BCUT2D eigenvalue weighted by Crippen LogP contribution is -2.30. The van der Waals surface area contributed by atoms with E-state index in [-0.39, 0.29) is 5.91 Å². The van der Waals surface area contributed by atoms with E-state index in [1.54, 1.807) is 7.11 Å². The number of piperidine rings is 1. The molecule has 1 heterocycles. The molecule has 2 rings (SSSR count). The van der Waals surface area contributed by atoms with Gasteiger partial charge in [-0.15, -0.1) is 0 Å². The lowest BCUT2D eigenvalue weighted by Gasteiger charge is -2.22. The summed E-state index contributed by atoms with van der Waals surface area (Å²) in [7, 11) is 1.61. The van der Waals surface area contributed by atoms with Gasteiger partial charge in [-0.25, -0.2) is 0 Å². The van der Waals surface area contributed by atoms with Crippen molar-refractivity contribution in [3.63, 3.8) is 0 Å². The van der Waals surface area contributed by atoms with Crippen LogP contribution in [0.15, 0.2) is 21.1 Å². The fraction of sp³-hybridized carbons (Fsp3) is 0.500. The zero-order valence-corrected chi connectivity index (χ0v) is 14.5. The van der Waals surface area contributed by atoms with E-state index < -0.39 is 0 Å². The van der Waals surface area contributed by atoms with Crippen molar-refractivity contribution in [2.75, 3.05) is 25.5 Å². The second kappa shape index (κ2) is 7.43. The molecule has 110 valence electrons. The maximum atomic E-state index is 12.1. The Kier molecular flexibility index (Phi) is 5.86. The number of benzene rings is 1. The van der Waals surface area contributed by atoms with Gasteiger partial charge in [0.05, 0.1) is 17.3 Å². The maximum absolute atomic E-state index is 12.1. The van der Waals surface area contributed by atoms with Crippen LogP contribution < -0.4 is 15.4 Å². The minimum absolute atomic E-state index is 0.0574. The quantitative estimate of drug-likeness (QED) is 0.805. The van der Waals surface area contributed by atoms with Gasteiger partial charge in [-0.2, -0.15) is 0 Å². The molecule has 1 aromatic rings. The predicted octanol–water partition coefficient (Wildman–Crippen LogP) is 3.55. The average Bonchev–Trinajstić information content (AvgIpc) is 2.43. The van der Waals surface area contributed by atoms with E-state index in [9.17, 15) is 4.79 Å². The molecule has 0 bridgehead atoms. The van der Waals surface area contributed by atoms with Crippen molar-refractivity contribution in [2.24, 2.45) is 5.92 Å². The molecule has 6 heteroatoms. The van der Waals surface area contributed by atoms with E-state index in [1.807, 2.05) is 12.1 Å². The normalized spacial score (nSPS) is 15.9. The number of carbonyl (C=O) groups is 1. The largest absolute Gasteiger partial charge is 0.495 e. The molecule has 0 aliphatic carbocycles. The van der Waals surface area contributed by atoms with E-state index in [2.05, 4.69) is 42.5 Å². The van der Waals surface area contributed by atoms with E-state index in [0.717, 1.165) is 40.6 Å². The Balaban J connectivity index is 1.99. The van der Waals surface area contributed by atoms with Crippen LogP contribution in [-0.2, 0) is 4.79 Å². The summed E-state index contributed by atoms with van der Waals surface area (Å²) in [5.41, 5.74) is 0.740. The molecule has 0 unspecified atom stereocenters. The van der Waals surface area contributed by atoms with Gasteiger partial charge in [-0.3, -0.25) is 4.79 Å². The number of anilines is 1. The lowest BCUT2D eigenvalue weighted by atomic mass is 9.94. The molecule has 1 fully saturated rings. The van der Waals surface area contributed by atoms with Crippen LogP contribution in [-0.4, -0.2) is 26.1 Å². The maximum Gasteiger partial charge on any atom is 0.224 e. The monoisotopic (exact) mass is 404 g/mol. The number of rotatable bonds is 4. The molecule has 1 saturated heterocycles. The van der Waals surface area contributed by atoms with Crippen LogP contribution in [0.1, 0.15) is 19.3 Å². The first-order valence-electron chi connectivity index (χ1n) is 6.63. The number of hydrogen-bond donors (Lipinski definition) is 2. The molecule has 1 aromatic carbocycles. The first-order valence-corrected chi connectivity index (χ1v) is 8.22. The first kappa shape index (κ1) is 15.8. The van der Waals surface area contributed by atoms with Crippen LogP contribution >= 0.6 is 31.9 Å². The fourth-order valence-corrected chi connectivity index (χ4v) is 3.59. The predicted molar refractivity (Wildman–Crippen MR) is 87.2 cm³/mol. The lowest BCUT2D eigenvalue weighted by molar-refractivity contribution is -0.117. The van der Waals surface area contributed by atoms with Crippen molar-refractivity contribution >= 4 is 43.5 Å². The molecule has 20 heavy (non-hydrogen) atoms. The molecule has 0 atom stereocenters. The van der Waals surface area contributed by atoms with Crippen molar-refractivity contribution in [1.29, 1.82) is 0 Å². The van der Waals surface area contributed by atoms with Gasteiger partial charge in [-0.1, -0.05) is 0 Å². The second-order valence-corrected chi connectivity index (χ2v) is 6.62. The Morgan fingerprint density at radius 3 is 2.70 bits per heavy atom. The Morgan fingerprint density at radius 2 is 2.05 bits per heavy atom. The van der Waals surface area contributed by atoms with Gasteiger partial charge < -0.3 is 15.4 Å². The first-order chi connectivity index (χ1) is 9.60. The zero-order valence-electron chi connectivity index (χ0n) is 11.3. The van der Waals surface area contributed by atoms with Gasteiger partial charge in [-0.05, 0) is 69.8 Å². The van der Waals surface area contributed by atoms with Crippen LogP contribution in [0.25, 0.3) is 0 Å². The number of ether oxygens (including phenoxy) is 1. The van der Waals surface area contributed by atoms with E-state index in [1.165, 1.54) is 0 Å². The molecule has 2 N–H and O–H groups in total. The number of carbonyl (C=O) groups excluding carboxylic acids is 1. The minimum atomic E-state index is 0.0574.